The first-order valence-corrected chi connectivity index (χ1v) is 7.10. The SMILES string of the molecule is CCC(C)C[N+](CCO)(CCO)CC(C)CC. The van der Waals surface area contributed by atoms with Crippen molar-refractivity contribution in [3.63, 3.8) is 0 Å². The summed E-state index contributed by atoms with van der Waals surface area (Å²) < 4.78 is 0.872. The van der Waals surface area contributed by atoms with Gasteiger partial charge in [0.2, 0.25) is 0 Å². The first-order chi connectivity index (χ1) is 8.03. The van der Waals surface area contributed by atoms with Crippen molar-refractivity contribution < 1.29 is 14.7 Å². The number of nitrogens with zero attached hydrogens (tertiary/aromatic N) is 1. The molecule has 0 radical (unpaired) electrons. The van der Waals surface area contributed by atoms with Crippen molar-refractivity contribution in [1.82, 2.24) is 0 Å². The molecule has 0 aromatic heterocycles. The maximum absolute atomic E-state index is 9.30. The first kappa shape index (κ1) is 16.9. The summed E-state index contributed by atoms with van der Waals surface area (Å²) in [7, 11) is 0. The number of hydrogen-bond acceptors (Lipinski definition) is 2. The number of aliphatic hydroxyl groups is 2. The van der Waals surface area contributed by atoms with Crippen LogP contribution in [0.1, 0.15) is 40.5 Å². The van der Waals surface area contributed by atoms with Crippen LogP contribution in [0.25, 0.3) is 0 Å². The molecule has 0 fully saturated rings. The predicted molar refractivity (Wildman–Crippen MR) is 72.8 cm³/mol. The molecule has 0 saturated heterocycles. The Balaban J connectivity index is 4.70. The van der Waals surface area contributed by atoms with Crippen molar-refractivity contribution in [2.24, 2.45) is 11.8 Å². The van der Waals surface area contributed by atoms with Gasteiger partial charge in [0.25, 0.3) is 0 Å². The molecular weight excluding hydrogens is 214 g/mol. The second-order valence-electron chi connectivity index (χ2n) is 5.63. The van der Waals surface area contributed by atoms with Gasteiger partial charge in [-0.2, -0.15) is 0 Å². The first-order valence-electron chi connectivity index (χ1n) is 7.10. The molecule has 0 amide bonds. The second-order valence-corrected chi connectivity index (χ2v) is 5.63. The summed E-state index contributed by atoms with van der Waals surface area (Å²) in [6.07, 6.45) is 2.33. The van der Waals surface area contributed by atoms with Crippen molar-refractivity contribution >= 4 is 0 Å². The Morgan fingerprint density at radius 3 is 1.41 bits per heavy atom. The van der Waals surface area contributed by atoms with Crippen LogP contribution >= 0.6 is 0 Å². The van der Waals surface area contributed by atoms with Crippen molar-refractivity contribution in [3.8, 4) is 0 Å². The number of hydrogen-bond donors (Lipinski definition) is 2. The lowest BCUT2D eigenvalue weighted by Gasteiger charge is -2.41. The highest BCUT2D eigenvalue weighted by atomic mass is 16.3. The Hall–Kier alpha value is -0.120. The zero-order valence-corrected chi connectivity index (χ0v) is 12.2. The molecule has 0 heterocycles. The summed E-state index contributed by atoms with van der Waals surface area (Å²) in [6.45, 7) is 13.1. The number of rotatable bonds is 10. The van der Waals surface area contributed by atoms with Gasteiger partial charge in [-0.05, 0) is 12.8 Å². The Bertz CT molecular complexity index is 165. The van der Waals surface area contributed by atoms with Crippen LogP contribution in [0.4, 0.5) is 0 Å². The molecule has 3 nitrogen and oxygen atoms in total. The quantitative estimate of drug-likeness (QED) is 0.578. The molecule has 0 aromatic carbocycles. The summed E-state index contributed by atoms with van der Waals surface area (Å²) in [6, 6.07) is 0. The van der Waals surface area contributed by atoms with E-state index in [9.17, 15) is 10.2 Å². The lowest BCUT2D eigenvalue weighted by atomic mass is 10.0. The van der Waals surface area contributed by atoms with Crippen LogP contribution in [0.2, 0.25) is 0 Å². The third-order valence-corrected chi connectivity index (χ3v) is 3.94. The van der Waals surface area contributed by atoms with E-state index in [-0.39, 0.29) is 13.2 Å². The number of aliphatic hydroxyl groups excluding tert-OH is 2. The summed E-state index contributed by atoms with van der Waals surface area (Å²) >= 11 is 0. The normalized spacial score (nSPS) is 15.9. The highest BCUT2D eigenvalue weighted by molar-refractivity contribution is 4.56. The molecule has 0 aliphatic carbocycles. The largest absolute Gasteiger partial charge is 0.391 e. The molecule has 0 bridgehead atoms. The van der Waals surface area contributed by atoms with Crippen molar-refractivity contribution in [2.45, 2.75) is 40.5 Å². The Labute approximate surface area is 107 Å². The van der Waals surface area contributed by atoms with Gasteiger partial charge in [-0.25, -0.2) is 0 Å². The summed E-state index contributed by atoms with van der Waals surface area (Å²) in [4.78, 5) is 0. The molecule has 2 atom stereocenters. The van der Waals surface area contributed by atoms with Gasteiger partial charge in [0.15, 0.2) is 0 Å². The lowest BCUT2D eigenvalue weighted by molar-refractivity contribution is -0.934. The van der Waals surface area contributed by atoms with Gasteiger partial charge < -0.3 is 14.7 Å². The maximum atomic E-state index is 9.30. The molecule has 0 rings (SSSR count). The Morgan fingerprint density at radius 2 is 1.18 bits per heavy atom. The zero-order chi connectivity index (χ0) is 13.3. The smallest absolute Gasteiger partial charge is 0.102 e. The van der Waals surface area contributed by atoms with E-state index in [0.29, 0.717) is 11.8 Å². The molecule has 0 aromatic rings. The third kappa shape index (κ3) is 6.39. The van der Waals surface area contributed by atoms with Gasteiger partial charge in [0, 0.05) is 11.8 Å². The highest BCUT2D eigenvalue weighted by Gasteiger charge is 2.29. The predicted octanol–water partition coefficient (Wildman–Crippen LogP) is 1.88. The molecule has 104 valence electrons. The Kier molecular flexibility index (Phi) is 8.83. The summed E-state index contributed by atoms with van der Waals surface area (Å²) in [5.74, 6) is 1.30. The van der Waals surface area contributed by atoms with E-state index in [1.54, 1.807) is 0 Å². The van der Waals surface area contributed by atoms with Gasteiger partial charge in [-0.3, -0.25) is 0 Å². The van der Waals surface area contributed by atoms with E-state index in [0.717, 1.165) is 43.5 Å². The molecule has 2 unspecified atom stereocenters. The molecule has 2 N–H and O–H groups in total. The molecule has 0 aliphatic heterocycles. The molecule has 0 spiro atoms. The van der Waals surface area contributed by atoms with Gasteiger partial charge >= 0.3 is 0 Å². The van der Waals surface area contributed by atoms with E-state index in [4.69, 9.17) is 0 Å². The van der Waals surface area contributed by atoms with Crippen LogP contribution in [-0.2, 0) is 0 Å². The fourth-order valence-electron chi connectivity index (χ4n) is 2.56. The third-order valence-electron chi connectivity index (χ3n) is 3.94. The van der Waals surface area contributed by atoms with E-state index in [1.165, 1.54) is 0 Å². The van der Waals surface area contributed by atoms with E-state index in [2.05, 4.69) is 27.7 Å². The van der Waals surface area contributed by atoms with Gasteiger partial charge in [-0.15, -0.1) is 0 Å². The summed E-state index contributed by atoms with van der Waals surface area (Å²) in [5, 5.41) is 18.6. The topological polar surface area (TPSA) is 40.5 Å². The fraction of sp³-hybridized carbons (Fsp3) is 1.00. The molecule has 3 heteroatoms. The van der Waals surface area contributed by atoms with E-state index in [1.807, 2.05) is 0 Å². The van der Waals surface area contributed by atoms with Crippen molar-refractivity contribution in [2.75, 3.05) is 39.4 Å². The minimum absolute atomic E-state index is 0.215. The van der Waals surface area contributed by atoms with E-state index < -0.39 is 0 Å². The lowest BCUT2D eigenvalue weighted by Crippen LogP contribution is -2.55. The van der Waals surface area contributed by atoms with E-state index >= 15 is 0 Å². The zero-order valence-electron chi connectivity index (χ0n) is 12.2. The number of quaternary nitrogens is 1. The molecule has 0 aliphatic rings. The Morgan fingerprint density at radius 1 is 0.824 bits per heavy atom. The minimum atomic E-state index is 0.215. The van der Waals surface area contributed by atoms with Crippen LogP contribution in [0.5, 0.6) is 0 Å². The van der Waals surface area contributed by atoms with Crippen LogP contribution in [0.3, 0.4) is 0 Å². The summed E-state index contributed by atoms with van der Waals surface area (Å²) in [5.41, 5.74) is 0. The maximum Gasteiger partial charge on any atom is 0.102 e. The standard InChI is InChI=1S/C14H32NO2/c1-5-13(3)11-15(7-9-16,8-10-17)12-14(4)6-2/h13-14,16-17H,5-12H2,1-4H3/q+1. The molecule has 17 heavy (non-hydrogen) atoms. The average molecular weight is 246 g/mol. The van der Waals surface area contributed by atoms with Crippen molar-refractivity contribution in [1.29, 1.82) is 0 Å². The minimum Gasteiger partial charge on any atom is -0.391 e. The van der Waals surface area contributed by atoms with Gasteiger partial charge in [-0.1, -0.05) is 27.7 Å². The van der Waals surface area contributed by atoms with Crippen LogP contribution in [0, 0.1) is 11.8 Å². The monoisotopic (exact) mass is 246 g/mol. The fourth-order valence-corrected chi connectivity index (χ4v) is 2.56. The average Bonchev–Trinajstić information content (AvgIpc) is 2.29. The van der Waals surface area contributed by atoms with Gasteiger partial charge in [0.05, 0.1) is 26.3 Å². The van der Waals surface area contributed by atoms with Gasteiger partial charge in [0.1, 0.15) is 13.1 Å². The van der Waals surface area contributed by atoms with Crippen LogP contribution < -0.4 is 0 Å². The molecule has 0 saturated carbocycles. The van der Waals surface area contributed by atoms with Crippen LogP contribution in [0.15, 0.2) is 0 Å². The van der Waals surface area contributed by atoms with Crippen molar-refractivity contribution in [3.05, 3.63) is 0 Å². The molecular formula is C14H32NO2+. The van der Waals surface area contributed by atoms with Crippen LogP contribution in [-0.4, -0.2) is 54.1 Å². The second kappa shape index (κ2) is 8.90. The highest BCUT2D eigenvalue weighted by Crippen LogP contribution is 2.18.